The van der Waals surface area contributed by atoms with Crippen LogP contribution in [0.5, 0.6) is 11.5 Å². The van der Waals surface area contributed by atoms with Gasteiger partial charge >= 0.3 is 12.2 Å². The van der Waals surface area contributed by atoms with E-state index >= 15 is 0 Å². The van der Waals surface area contributed by atoms with Gasteiger partial charge in [0, 0.05) is 17.6 Å². The number of Topliss-reactive ketones (excluding diaryl/α,β-unsaturated/α-hetero) is 1. The average Bonchev–Trinajstić information content (AvgIpc) is 2.90. The first-order valence-electron chi connectivity index (χ1n) is 11.4. The van der Waals surface area contributed by atoms with Crippen LogP contribution < -0.4 is 14.8 Å². The number of nitrogens with one attached hydrogen (secondary N) is 1. The van der Waals surface area contributed by atoms with Crippen molar-refractivity contribution in [2.24, 2.45) is 5.92 Å². The molecule has 3 atom stereocenters. The molecular weight excluding hydrogens is 525 g/mol. The number of benzene rings is 3. The number of nitrogens with zero attached hydrogens (tertiary/aromatic N) is 1. The summed E-state index contributed by atoms with van der Waals surface area (Å²) in [5, 5.41) is 14.0. The fourth-order valence-electron chi connectivity index (χ4n) is 4.41. The summed E-state index contributed by atoms with van der Waals surface area (Å²) in [5.74, 6) is -2.70. The van der Waals surface area contributed by atoms with Crippen LogP contribution in [-0.2, 0) is 6.61 Å². The molecule has 3 unspecified atom stereocenters. The van der Waals surface area contributed by atoms with E-state index in [1.165, 1.54) is 49.6 Å². The van der Waals surface area contributed by atoms with Crippen molar-refractivity contribution in [2.75, 3.05) is 14.2 Å². The number of carbonyl (C=O) groups is 2. The third kappa shape index (κ3) is 5.01. The maximum Gasteiger partial charge on any atom is 0.437 e. The van der Waals surface area contributed by atoms with Crippen molar-refractivity contribution in [3.63, 3.8) is 0 Å². The molecule has 0 radical (unpaired) electrons. The number of urea groups is 1. The predicted octanol–water partition coefficient (Wildman–Crippen LogP) is 5.37. The Morgan fingerprint density at radius 2 is 1.74 bits per heavy atom. The quantitative estimate of drug-likeness (QED) is 0.387. The van der Waals surface area contributed by atoms with Gasteiger partial charge in [-0.25, -0.2) is 4.79 Å². The first-order chi connectivity index (χ1) is 18.0. The topological polar surface area (TPSA) is 88.1 Å². The Morgan fingerprint density at radius 1 is 1.08 bits per heavy atom. The minimum Gasteiger partial charge on any atom is -0.493 e. The number of ether oxygens (including phenoxy) is 2. The van der Waals surface area contributed by atoms with Crippen LogP contribution in [0.1, 0.15) is 27.5 Å². The molecule has 1 aliphatic rings. The number of amides is 2. The van der Waals surface area contributed by atoms with E-state index in [0.717, 1.165) is 12.6 Å². The standard InChI is InChI=1S/C27H24ClF3N2O5/c1-33-25(35)32-23(22(26(33,36)27(29,30)31)24(34)17-6-4-3-5-7-17)18-10-13-20(21(14-18)37-2)38-15-16-8-11-19(28)12-9-16/h3-14,22-23,36H,15H2,1-2H3,(H,32,35). The minimum atomic E-state index is -5.35. The number of hydrogen-bond donors (Lipinski definition) is 2. The van der Waals surface area contributed by atoms with E-state index in [-0.39, 0.29) is 34.1 Å². The Balaban J connectivity index is 1.75. The van der Waals surface area contributed by atoms with Gasteiger partial charge in [0.2, 0.25) is 0 Å². The molecule has 3 aromatic carbocycles. The number of aliphatic hydroxyl groups is 1. The maximum absolute atomic E-state index is 14.4. The first-order valence-corrected chi connectivity index (χ1v) is 11.8. The summed E-state index contributed by atoms with van der Waals surface area (Å²) in [6, 6.07) is 15.7. The van der Waals surface area contributed by atoms with E-state index in [0.29, 0.717) is 5.02 Å². The highest BCUT2D eigenvalue weighted by atomic mass is 35.5. The van der Waals surface area contributed by atoms with Gasteiger partial charge in [-0.2, -0.15) is 13.2 Å². The Kier molecular flexibility index (Phi) is 7.57. The van der Waals surface area contributed by atoms with Crippen LogP contribution in [0.3, 0.4) is 0 Å². The van der Waals surface area contributed by atoms with Gasteiger partial charge in [-0.15, -0.1) is 0 Å². The van der Waals surface area contributed by atoms with E-state index in [1.54, 1.807) is 30.3 Å². The Morgan fingerprint density at radius 3 is 2.34 bits per heavy atom. The van der Waals surface area contributed by atoms with Gasteiger partial charge in [-0.05, 0) is 35.4 Å². The Labute approximate surface area is 221 Å². The fourth-order valence-corrected chi connectivity index (χ4v) is 4.53. The van der Waals surface area contributed by atoms with Crippen LogP contribution in [0, 0.1) is 5.92 Å². The van der Waals surface area contributed by atoms with E-state index in [2.05, 4.69) is 5.32 Å². The van der Waals surface area contributed by atoms with Crippen molar-refractivity contribution in [3.8, 4) is 11.5 Å². The van der Waals surface area contributed by atoms with Crippen molar-refractivity contribution in [2.45, 2.75) is 24.6 Å². The summed E-state index contributed by atoms with van der Waals surface area (Å²) >= 11 is 5.90. The highest BCUT2D eigenvalue weighted by molar-refractivity contribution is 6.30. The van der Waals surface area contributed by atoms with Gasteiger partial charge < -0.3 is 19.9 Å². The minimum absolute atomic E-state index is 0.0513. The average molecular weight is 549 g/mol. The van der Waals surface area contributed by atoms with Gasteiger partial charge in [0.05, 0.1) is 13.2 Å². The second kappa shape index (κ2) is 10.5. The SMILES string of the molecule is COc1cc(C2NC(=O)N(C)C(O)(C(F)(F)F)C2C(=O)c2ccccc2)ccc1OCc1ccc(Cl)cc1. The molecule has 4 rings (SSSR count). The Bertz CT molecular complexity index is 1320. The zero-order valence-electron chi connectivity index (χ0n) is 20.3. The first kappa shape index (κ1) is 27.3. The van der Waals surface area contributed by atoms with Crippen molar-refractivity contribution in [1.82, 2.24) is 10.2 Å². The van der Waals surface area contributed by atoms with Gasteiger partial charge in [-0.3, -0.25) is 9.69 Å². The van der Waals surface area contributed by atoms with Crippen LogP contribution >= 0.6 is 11.6 Å². The van der Waals surface area contributed by atoms with E-state index in [4.69, 9.17) is 21.1 Å². The van der Waals surface area contributed by atoms with Crippen LogP contribution in [0.4, 0.5) is 18.0 Å². The Hall–Kier alpha value is -3.76. The fraction of sp³-hybridized carbons (Fsp3) is 0.259. The van der Waals surface area contributed by atoms with Gasteiger partial charge in [0.25, 0.3) is 5.72 Å². The second-order valence-corrected chi connectivity index (χ2v) is 9.18. The van der Waals surface area contributed by atoms with Crippen molar-refractivity contribution in [3.05, 3.63) is 94.5 Å². The lowest BCUT2D eigenvalue weighted by Gasteiger charge is -2.49. The molecule has 1 saturated heterocycles. The molecule has 2 amide bonds. The molecule has 1 fully saturated rings. The van der Waals surface area contributed by atoms with Crippen LogP contribution in [0.25, 0.3) is 0 Å². The molecule has 3 aromatic rings. The highest BCUT2D eigenvalue weighted by Crippen LogP contribution is 2.48. The van der Waals surface area contributed by atoms with E-state index in [1.807, 2.05) is 0 Å². The summed E-state index contributed by atoms with van der Waals surface area (Å²) in [6.45, 7) is 0.154. The van der Waals surface area contributed by atoms with E-state index in [9.17, 15) is 27.9 Å². The van der Waals surface area contributed by atoms with Crippen LogP contribution in [0.2, 0.25) is 5.02 Å². The molecular formula is C27H24ClF3N2O5. The molecule has 0 saturated carbocycles. The summed E-state index contributed by atoms with van der Waals surface area (Å²) in [4.78, 5) is 26.2. The lowest BCUT2D eigenvalue weighted by molar-refractivity contribution is -0.322. The second-order valence-electron chi connectivity index (χ2n) is 8.74. The van der Waals surface area contributed by atoms with E-state index < -0.39 is 35.7 Å². The van der Waals surface area contributed by atoms with Gasteiger partial charge in [0.1, 0.15) is 12.5 Å². The third-order valence-corrected chi connectivity index (χ3v) is 6.73. The van der Waals surface area contributed by atoms with Crippen LogP contribution in [-0.4, -0.2) is 47.9 Å². The number of hydrogen-bond acceptors (Lipinski definition) is 5. The molecule has 0 spiro atoms. The van der Waals surface area contributed by atoms with Crippen molar-refractivity contribution < 1.29 is 37.3 Å². The molecule has 11 heteroatoms. The molecule has 1 aliphatic heterocycles. The zero-order chi connectivity index (χ0) is 27.7. The highest BCUT2D eigenvalue weighted by Gasteiger charge is 2.69. The molecule has 200 valence electrons. The number of methoxy groups -OCH3 is 1. The zero-order valence-corrected chi connectivity index (χ0v) is 21.1. The summed E-state index contributed by atoms with van der Waals surface area (Å²) in [7, 11) is 2.14. The molecule has 38 heavy (non-hydrogen) atoms. The number of alkyl halides is 3. The lowest BCUT2D eigenvalue weighted by atomic mass is 9.76. The molecule has 0 aliphatic carbocycles. The molecule has 7 nitrogen and oxygen atoms in total. The normalized spacial score (nSPS) is 21.6. The van der Waals surface area contributed by atoms with Crippen molar-refractivity contribution >= 4 is 23.4 Å². The number of carbonyl (C=O) groups excluding carboxylic acids is 2. The molecule has 0 aromatic heterocycles. The van der Waals surface area contributed by atoms with Gasteiger partial charge in [0.15, 0.2) is 17.3 Å². The predicted molar refractivity (Wildman–Crippen MR) is 133 cm³/mol. The third-order valence-electron chi connectivity index (χ3n) is 6.47. The van der Waals surface area contributed by atoms with Gasteiger partial charge in [-0.1, -0.05) is 60.1 Å². The number of ketones is 1. The molecule has 2 N–H and O–H groups in total. The molecule has 0 bridgehead atoms. The van der Waals surface area contributed by atoms with Crippen molar-refractivity contribution in [1.29, 1.82) is 0 Å². The lowest BCUT2D eigenvalue weighted by Crippen LogP contribution is -2.72. The molecule has 1 heterocycles. The smallest absolute Gasteiger partial charge is 0.437 e. The summed E-state index contributed by atoms with van der Waals surface area (Å²) in [6.07, 6.45) is -5.35. The maximum atomic E-state index is 14.4. The number of halogens is 4. The monoisotopic (exact) mass is 548 g/mol. The summed E-state index contributed by atoms with van der Waals surface area (Å²) in [5.41, 5.74) is -2.92. The summed E-state index contributed by atoms with van der Waals surface area (Å²) < 4.78 is 54.4. The largest absolute Gasteiger partial charge is 0.493 e. The van der Waals surface area contributed by atoms with Crippen LogP contribution in [0.15, 0.2) is 72.8 Å². The number of rotatable bonds is 7.